The zero-order valence-corrected chi connectivity index (χ0v) is 8.38. The van der Waals surface area contributed by atoms with Crippen LogP contribution in [-0.2, 0) is 28.6 Å². The number of cyclic esters (lactones) is 2. The van der Waals surface area contributed by atoms with Crippen LogP contribution in [0.15, 0.2) is 24.8 Å². The fraction of sp³-hybridized carbons (Fsp3) is 0.300. The highest BCUT2D eigenvalue weighted by Crippen LogP contribution is 2.08. The third-order valence-electron chi connectivity index (χ3n) is 1.54. The van der Waals surface area contributed by atoms with Gasteiger partial charge in [0.2, 0.25) is 0 Å². The van der Waals surface area contributed by atoms with E-state index in [4.69, 9.17) is 4.74 Å². The minimum Gasteiger partial charge on any atom is -0.460 e. The van der Waals surface area contributed by atoms with Crippen molar-refractivity contribution < 1.29 is 28.6 Å². The minimum absolute atomic E-state index is 0.147. The Morgan fingerprint density at radius 2 is 2.06 bits per heavy atom. The highest BCUT2D eigenvalue weighted by atomic mass is 16.6. The van der Waals surface area contributed by atoms with Gasteiger partial charge in [-0.25, -0.2) is 14.4 Å². The van der Waals surface area contributed by atoms with E-state index in [1.807, 2.05) is 0 Å². The molecule has 2 heterocycles. The Morgan fingerprint density at radius 1 is 1.50 bits per heavy atom. The van der Waals surface area contributed by atoms with E-state index in [2.05, 4.69) is 16.1 Å². The number of hydrogen-bond acceptors (Lipinski definition) is 6. The Hall–Kier alpha value is -1.95. The number of hydrogen-bond donors (Lipinski definition) is 0. The zero-order valence-electron chi connectivity index (χ0n) is 8.38. The topological polar surface area (TPSA) is 82.2 Å². The van der Waals surface area contributed by atoms with Gasteiger partial charge in [-0.05, 0) is 0 Å². The van der Waals surface area contributed by atoms with Gasteiger partial charge in [0.15, 0.2) is 0 Å². The number of carbonyl (C=O) groups excluding carboxylic acids is 3. The second-order valence-electron chi connectivity index (χ2n) is 2.86. The van der Waals surface area contributed by atoms with E-state index in [0.29, 0.717) is 13.2 Å². The van der Waals surface area contributed by atoms with Gasteiger partial charge in [-0.15, -0.1) is 0 Å². The first-order valence-corrected chi connectivity index (χ1v) is 4.46. The van der Waals surface area contributed by atoms with Crippen LogP contribution in [0.25, 0.3) is 0 Å². The van der Waals surface area contributed by atoms with Gasteiger partial charge in [0.25, 0.3) is 0 Å². The van der Waals surface area contributed by atoms with Crippen LogP contribution < -0.4 is 0 Å². The lowest BCUT2D eigenvalue weighted by Crippen LogP contribution is -2.06. The number of rotatable bonds is 3. The molecular weight excluding hydrogens is 216 g/mol. The lowest BCUT2D eigenvalue weighted by molar-refractivity contribution is -0.150. The van der Waals surface area contributed by atoms with Crippen LogP contribution in [0.3, 0.4) is 0 Å². The van der Waals surface area contributed by atoms with Crippen molar-refractivity contribution in [3.05, 3.63) is 24.8 Å². The molecule has 0 aliphatic carbocycles. The molecule has 2 rings (SSSR count). The maximum absolute atomic E-state index is 10.3. The van der Waals surface area contributed by atoms with Crippen molar-refractivity contribution in [3.8, 4) is 0 Å². The van der Waals surface area contributed by atoms with Gasteiger partial charge in [-0.2, -0.15) is 0 Å². The van der Waals surface area contributed by atoms with E-state index in [1.54, 1.807) is 0 Å². The first kappa shape index (κ1) is 12.1. The number of ether oxygens (including phenoxy) is 3. The summed E-state index contributed by atoms with van der Waals surface area (Å²) in [5.41, 5.74) is 0. The van der Waals surface area contributed by atoms with E-state index in [0.717, 1.165) is 18.2 Å². The maximum Gasteiger partial charge on any atom is 0.338 e. The Morgan fingerprint density at radius 3 is 2.38 bits per heavy atom. The monoisotopic (exact) mass is 226 g/mol. The van der Waals surface area contributed by atoms with Crippen LogP contribution in [0.2, 0.25) is 0 Å². The summed E-state index contributed by atoms with van der Waals surface area (Å²) in [7, 11) is 0. The van der Waals surface area contributed by atoms with Gasteiger partial charge >= 0.3 is 17.9 Å². The fourth-order valence-electron chi connectivity index (χ4n) is 0.702. The van der Waals surface area contributed by atoms with E-state index in [1.165, 1.54) is 0 Å². The Kier molecular flexibility index (Phi) is 4.41. The summed E-state index contributed by atoms with van der Waals surface area (Å²) in [5, 5.41) is 0. The van der Waals surface area contributed by atoms with Gasteiger partial charge in [0, 0.05) is 18.2 Å². The Balaban J connectivity index is 0.000000165. The minimum atomic E-state index is -0.579. The molecule has 1 atom stereocenters. The SMILES string of the molecule is C=CC(=O)OCC1CO1.O=C1C=CC(=O)O1. The molecule has 0 aromatic carbocycles. The first-order valence-electron chi connectivity index (χ1n) is 4.46. The molecule has 6 heteroatoms. The summed E-state index contributed by atoms with van der Waals surface area (Å²) in [4.78, 5) is 30.2. The molecule has 16 heavy (non-hydrogen) atoms. The van der Waals surface area contributed by atoms with Crippen molar-refractivity contribution in [1.29, 1.82) is 0 Å². The molecule has 2 aliphatic heterocycles. The predicted octanol–water partition coefficient (Wildman–Crippen LogP) is -0.260. The maximum atomic E-state index is 10.3. The molecule has 2 aliphatic rings. The molecule has 1 saturated heterocycles. The summed E-state index contributed by atoms with van der Waals surface area (Å²) in [6.45, 7) is 4.32. The molecule has 0 N–H and O–H groups in total. The fourth-order valence-corrected chi connectivity index (χ4v) is 0.702. The predicted molar refractivity (Wildman–Crippen MR) is 51.1 cm³/mol. The van der Waals surface area contributed by atoms with Crippen molar-refractivity contribution in [2.24, 2.45) is 0 Å². The quantitative estimate of drug-likeness (QED) is 0.285. The summed E-state index contributed by atoms with van der Waals surface area (Å²) in [5.74, 6) is -1.54. The van der Waals surface area contributed by atoms with Gasteiger partial charge in [0.1, 0.15) is 12.7 Å². The van der Waals surface area contributed by atoms with Crippen LogP contribution in [0.5, 0.6) is 0 Å². The van der Waals surface area contributed by atoms with Crippen molar-refractivity contribution in [1.82, 2.24) is 0 Å². The highest BCUT2D eigenvalue weighted by Gasteiger charge is 2.23. The molecule has 0 aromatic rings. The lowest BCUT2D eigenvalue weighted by atomic mass is 10.5. The van der Waals surface area contributed by atoms with Gasteiger partial charge in [-0.3, -0.25) is 0 Å². The van der Waals surface area contributed by atoms with E-state index in [9.17, 15) is 14.4 Å². The molecule has 1 unspecified atom stereocenters. The van der Waals surface area contributed by atoms with Gasteiger partial charge < -0.3 is 14.2 Å². The van der Waals surface area contributed by atoms with Crippen LogP contribution in [0.4, 0.5) is 0 Å². The third kappa shape index (κ3) is 5.06. The molecule has 86 valence electrons. The highest BCUT2D eigenvalue weighted by molar-refractivity contribution is 6.04. The van der Waals surface area contributed by atoms with Crippen molar-refractivity contribution in [2.45, 2.75) is 6.10 Å². The molecule has 0 aromatic heterocycles. The van der Waals surface area contributed by atoms with Crippen molar-refractivity contribution in [3.63, 3.8) is 0 Å². The molecule has 1 fully saturated rings. The van der Waals surface area contributed by atoms with Crippen LogP contribution in [0, 0.1) is 0 Å². The summed E-state index contributed by atoms with van der Waals surface area (Å²) >= 11 is 0. The average molecular weight is 226 g/mol. The molecule has 0 saturated carbocycles. The molecule has 0 bridgehead atoms. The zero-order chi connectivity index (χ0) is 12.0. The number of esters is 3. The average Bonchev–Trinajstić information content (AvgIpc) is 3.01. The number of epoxide rings is 1. The third-order valence-corrected chi connectivity index (χ3v) is 1.54. The Labute approximate surface area is 91.5 Å². The van der Waals surface area contributed by atoms with Crippen LogP contribution in [-0.4, -0.2) is 37.2 Å². The van der Waals surface area contributed by atoms with E-state index in [-0.39, 0.29) is 12.1 Å². The van der Waals surface area contributed by atoms with Crippen LogP contribution >= 0.6 is 0 Å². The van der Waals surface area contributed by atoms with Gasteiger partial charge in [-0.1, -0.05) is 6.58 Å². The van der Waals surface area contributed by atoms with E-state index >= 15 is 0 Å². The number of carbonyl (C=O) groups is 3. The normalized spacial score (nSPS) is 20.6. The standard InChI is InChI=1S/C6H8O3.C4H2O3/c1-2-6(7)9-4-5-3-8-5;5-3-1-2-4(6)7-3/h2,5H,1,3-4H2;1-2H. The molecular formula is C10H10O6. The summed E-state index contributed by atoms with van der Waals surface area (Å²) < 4.78 is 13.4. The molecule has 6 nitrogen and oxygen atoms in total. The lowest BCUT2D eigenvalue weighted by Gasteiger charge is -1.94. The van der Waals surface area contributed by atoms with E-state index < -0.39 is 11.9 Å². The largest absolute Gasteiger partial charge is 0.460 e. The van der Waals surface area contributed by atoms with Crippen LogP contribution in [0.1, 0.15) is 0 Å². The Bertz CT molecular complexity index is 323. The molecule has 0 amide bonds. The summed E-state index contributed by atoms with van der Waals surface area (Å²) in [6.07, 6.45) is 3.46. The van der Waals surface area contributed by atoms with Gasteiger partial charge in [0.05, 0.1) is 6.61 Å². The second kappa shape index (κ2) is 5.82. The smallest absolute Gasteiger partial charge is 0.338 e. The first-order chi connectivity index (χ1) is 7.61. The summed E-state index contributed by atoms with van der Waals surface area (Å²) in [6, 6.07) is 0. The molecule has 0 radical (unpaired) electrons. The van der Waals surface area contributed by atoms with Crippen molar-refractivity contribution in [2.75, 3.05) is 13.2 Å². The second-order valence-corrected chi connectivity index (χ2v) is 2.86. The molecule has 0 spiro atoms. The van der Waals surface area contributed by atoms with Crippen molar-refractivity contribution >= 4 is 17.9 Å².